The fourth-order valence-corrected chi connectivity index (χ4v) is 4.00. The number of hydrogen-bond donors (Lipinski definition) is 2. The molecule has 1 amide bonds. The van der Waals surface area contributed by atoms with Gasteiger partial charge in [-0.1, -0.05) is 25.5 Å². The summed E-state index contributed by atoms with van der Waals surface area (Å²) >= 11 is 0. The van der Waals surface area contributed by atoms with Gasteiger partial charge in [-0.05, 0) is 48.8 Å². The Bertz CT molecular complexity index is 589. The summed E-state index contributed by atoms with van der Waals surface area (Å²) in [6.45, 7) is 1.84. The number of carbonyl (C=O) groups excluding carboxylic acids is 1. The molecule has 0 heterocycles. The van der Waals surface area contributed by atoms with Crippen LogP contribution in [0.4, 0.5) is 13.2 Å². The highest BCUT2D eigenvalue weighted by molar-refractivity contribution is 5.82. The van der Waals surface area contributed by atoms with Gasteiger partial charge in [0.15, 0.2) is 0 Å². The maximum absolute atomic E-state index is 12.6. The van der Waals surface area contributed by atoms with Crippen molar-refractivity contribution in [1.82, 2.24) is 5.32 Å². The summed E-state index contributed by atoms with van der Waals surface area (Å²) < 4.78 is 37.8. The number of rotatable bonds is 5. The molecular weight excluding hydrogens is 319 g/mol. The van der Waals surface area contributed by atoms with E-state index in [0.717, 1.165) is 25.0 Å². The summed E-state index contributed by atoms with van der Waals surface area (Å²) in [5.74, 6) is 1.02. The summed E-state index contributed by atoms with van der Waals surface area (Å²) in [5, 5.41) is 13.3. The lowest BCUT2D eigenvalue weighted by atomic mass is 9.98. The average Bonchev–Trinajstić information content (AvgIpc) is 3.04. The Morgan fingerprint density at radius 2 is 1.83 bits per heavy atom. The van der Waals surface area contributed by atoms with Gasteiger partial charge in [-0.2, -0.15) is 13.2 Å². The van der Waals surface area contributed by atoms with E-state index in [-0.39, 0.29) is 11.8 Å². The normalized spacial score (nSPS) is 28.1. The van der Waals surface area contributed by atoms with Crippen molar-refractivity contribution in [3.63, 3.8) is 0 Å². The monoisotopic (exact) mass is 341 g/mol. The largest absolute Gasteiger partial charge is 0.416 e. The van der Waals surface area contributed by atoms with Crippen molar-refractivity contribution in [2.75, 3.05) is 0 Å². The molecule has 2 aliphatic rings. The molecule has 1 aromatic rings. The first kappa shape index (κ1) is 17.3. The lowest BCUT2D eigenvalue weighted by molar-refractivity contribution is -0.137. The molecule has 0 radical (unpaired) electrons. The van der Waals surface area contributed by atoms with Crippen LogP contribution in [-0.2, 0) is 11.0 Å². The van der Waals surface area contributed by atoms with Gasteiger partial charge in [-0.25, -0.2) is 0 Å². The highest BCUT2D eigenvalue weighted by atomic mass is 19.4. The van der Waals surface area contributed by atoms with E-state index in [1.54, 1.807) is 0 Å². The molecule has 4 unspecified atom stereocenters. The lowest BCUT2D eigenvalue weighted by Crippen LogP contribution is -2.40. The molecule has 2 saturated carbocycles. The summed E-state index contributed by atoms with van der Waals surface area (Å²) in [5.41, 5.74) is -0.368. The first-order chi connectivity index (χ1) is 11.3. The van der Waals surface area contributed by atoms with Crippen LogP contribution < -0.4 is 5.32 Å². The molecule has 0 spiro atoms. The third-order valence-corrected chi connectivity index (χ3v) is 5.44. The fraction of sp³-hybridized carbons (Fsp3) is 0.611. The SMILES string of the molecule is CCC(NC(=O)C1C2CCCC21)C(O)c1ccc(C(F)(F)F)cc1. The van der Waals surface area contributed by atoms with Crippen LogP contribution in [-0.4, -0.2) is 17.1 Å². The topological polar surface area (TPSA) is 49.3 Å². The number of aliphatic hydroxyl groups is 1. The highest BCUT2D eigenvalue weighted by Crippen LogP contribution is 2.57. The van der Waals surface area contributed by atoms with Crippen molar-refractivity contribution < 1.29 is 23.1 Å². The van der Waals surface area contributed by atoms with Crippen molar-refractivity contribution >= 4 is 5.91 Å². The number of carbonyl (C=O) groups is 1. The summed E-state index contributed by atoms with van der Waals surface area (Å²) in [4.78, 5) is 12.3. The predicted molar refractivity (Wildman–Crippen MR) is 82.9 cm³/mol. The van der Waals surface area contributed by atoms with E-state index in [9.17, 15) is 23.1 Å². The molecule has 3 nitrogen and oxygen atoms in total. The Labute approximate surface area is 139 Å². The molecule has 24 heavy (non-hydrogen) atoms. The molecular formula is C18H22F3NO2. The zero-order valence-electron chi connectivity index (χ0n) is 13.5. The quantitative estimate of drug-likeness (QED) is 0.858. The van der Waals surface area contributed by atoms with Crippen molar-refractivity contribution in [3.8, 4) is 0 Å². The maximum Gasteiger partial charge on any atom is 0.416 e. The second-order valence-electron chi connectivity index (χ2n) is 6.87. The molecule has 4 atom stereocenters. The van der Waals surface area contributed by atoms with Crippen molar-refractivity contribution in [1.29, 1.82) is 0 Å². The Morgan fingerprint density at radius 3 is 2.33 bits per heavy atom. The molecule has 0 saturated heterocycles. The van der Waals surface area contributed by atoms with E-state index in [2.05, 4.69) is 5.32 Å². The first-order valence-corrected chi connectivity index (χ1v) is 8.48. The van der Waals surface area contributed by atoms with Crippen LogP contribution in [0.15, 0.2) is 24.3 Å². The molecule has 3 rings (SSSR count). The first-order valence-electron chi connectivity index (χ1n) is 8.48. The zero-order chi connectivity index (χ0) is 17.5. The van der Waals surface area contributed by atoms with Crippen molar-refractivity contribution in [2.24, 2.45) is 17.8 Å². The molecule has 6 heteroatoms. The van der Waals surface area contributed by atoms with Gasteiger partial charge in [-0.15, -0.1) is 0 Å². The average molecular weight is 341 g/mol. The molecule has 1 aromatic carbocycles. The highest BCUT2D eigenvalue weighted by Gasteiger charge is 2.56. The minimum atomic E-state index is -4.40. The van der Waals surface area contributed by atoms with E-state index in [1.807, 2.05) is 6.92 Å². The number of nitrogens with one attached hydrogen (secondary N) is 1. The minimum absolute atomic E-state index is 0.0255. The van der Waals surface area contributed by atoms with Crippen LogP contribution in [0.25, 0.3) is 0 Å². The Kier molecular flexibility index (Phi) is 4.60. The zero-order valence-corrected chi connectivity index (χ0v) is 13.5. The van der Waals surface area contributed by atoms with Gasteiger partial charge >= 0.3 is 6.18 Å². The minimum Gasteiger partial charge on any atom is -0.386 e. The number of benzene rings is 1. The van der Waals surface area contributed by atoms with Crippen LogP contribution in [0.1, 0.15) is 49.8 Å². The van der Waals surface area contributed by atoms with Gasteiger partial charge in [0, 0.05) is 5.92 Å². The molecule has 2 aliphatic carbocycles. The summed E-state index contributed by atoms with van der Waals surface area (Å²) in [6.07, 6.45) is -1.52. The van der Waals surface area contributed by atoms with E-state index in [1.165, 1.54) is 18.6 Å². The van der Waals surface area contributed by atoms with Gasteiger partial charge in [0.05, 0.1) is 17.7 Å². The van der Waals surface area contributed by atoms with Crippen molar-refractivity contribution in [2.45, 2.75) is 50.9 Å². The maximum atomic E-state index is 12.6. The molecule has 132 valence electrons. The molecule has 0 aliphatic heterocycles. The predicted octanol–water partition coefficient (Wildman–Crippen LogP) is 3.68. The van der Waals surface area contributed by atoms with Crippen molar-refractivity contribution in [3.05, 3.63) is 35.4 Å². The Hall–Kier alpha value is -1.56. The van der Waals surface area contributed by atoms with Crippen LogP contribution in [0, 0.1) is 17.8 Å². The third kappa shape index (κ3) is 3.29. The number of halogens is 3. The molecule has 2 N–H and O–H groups in total. The number of fused-ring (bicyclic) bond motifs is 1. The van der Waals surface area contributed by atoms with E-state index >= 15 is 0 Å². The second kappa shape index (κ2) is 6.39. The van der Waals surface area contributed by atoms with Gasteiger partial charge in [0.2, 0.25) is 5.91 Å². The van der Waals surface area contributed by atoms with Gasteiger partial charge in [0.1, 0.15) is 0 Å². The lowest BCUT2D eigenvalue weighted by Gasteiger charge is -2.24. The number of alkyl halides is 3. The van der Waals surface area contributed by atoms with E-state index < -0.39 is 23.9 Å². The Morgan fingerprint density at radius 1 is 1.25 bits per heavy atom. The van der Waals surface area contributed by atoms with E-state index in [4.69, 9.17) is 0 Å². The van der Waals surface area contributed by atoms with Crippen LogP contribution in [0.3, 0.4) is 0 Å². The summed E-state index contributed by atoms with van der Waals surface area (Å²) in [6, 6.07) is 3.97. The number of hydrogen-bond acceptors (Lipinski definition) is 2. The molecule has 2 fully saturated rings. The van der Waals surface area contributed by atoms with Crippen LogP contribution in [0.5, 0.6) is 0 Å². The van der Waals surface area contributed by atoms with Gasteiger partial charge in [0.25, 0.3) is 0 Å². The van der Waals surface area contributed by atoms with Gasteiger partial charge in [-0.3, -0.25) is 4.79 Å². The third-order valence-electron chi connectivity index (χ3n) is 5.44. The number of aliphatic hydroxyl groups excluding tert-OH is 1. The fourth-order valence-electron chi connectivity index (χ4n) is 4.00. The smallest absolute Gasteiger partial charge is 0.386 e. The van der Waals surface area contributed by atoms with Crippen LogP contribution >= 0.6 is 0 Å². The summed E-state index contributed by atoms with van der Waals surface area (Å²) in [7, 11) is 0. The Balaban J connectivity index is 1.63. The number of amides is 1. The van der Waals surface area contributed by atoms with E-state index in [0.29, 0.717) is 23.8 Å². The van der Waals surface area contributed by atoms with Gasteiger partial charge < -0.3 is 10.4 Å². The molecule has 0 bridgehead atoms. The second-order valence-corrected chi connectivity index (χ2v) is 6.87. The standard InChI is InChI=1S/C18H22F3NO2/c1-2-14(22-17(24)15-12-4-3-5-13(12)15)16(23)10-6-8-11(9-7-10)18(19,20)21/h6-9,12-16,23H,2-5H2,1H3,(H,22,24). The molecule has 0 aromatic heterocycles. The van der Waals surface area contributed by atoms with Crippen LogP contribution in [0.2, 0.25) is 0 Å².